The highest BCUT2D eigenvalue weighted by atomic mass is 35.5. The van der Waals surface area contributed by atoms with Gasteiger partial charge in [-0.2, -0.15) is 9.78 Å². The molecule has 1 N–H and O–H groups in total. The summed E-state index contributed by atoms with van der Waals surface area (Å²) in [5, 5.41) is 7.66. The molecule has 1 aromatic heterocycles. The summed E-state index contributed by atoms with van der Waals surface area (Å²) in [6.07, 6.45) is 2.03. The first-order chi connectivity index (χ1) is 13.9. The number of carbonyl (C=O) groups is 1. The fourth-order valence-corrected chi connectivity index (χ4v) is 3.14. The van der Waals surface area contributed by atoms with Crippen molar-refractivity contribution < 1.29 is 9.53 Å². The Kier molecular flexibility index (Phi) is 6.79. The van der Waals surface area contributed by atoms with Gasteiger partial charge >= 0.3 is 5.97 Å². The van der Waals surface area contributed by atoms with E-state index in [1.807, 2.05) is 12.1 Å². The van der Waals surface area contributed by atoms with Gasteiger partial charge in [-0.15, -0.1) is 0 Å². The quantitative estimate of drug-likeness (QED) is 0.552. The number of benzene rings is 2. The van der Waals surface area contributed by atoms with Crippen LogP contribution in [0.1, 0.15) is 15.9 Å². The van der Waals surface area contributed by atoms with Gasteiger partial charge in [0.25, 0.3) is 5.56 Å². The van der Waals surface area contributed by atoms with Crippen molar-refractivity contribution in [2.75, 3.05) is 19.0 Å². The molecule has 2 aromatic carbocycles. The summed E-state index contributed by atoms with van der Waals surface area (Å²) in [4.78, 5) is 23.7. The highest BCUT2D eigenvalue weighted by Crippen LogP contribution is 2.25. The van der Waals surface area contributed by atoms with Crippen molar-refractivity contribution in [3.63, 3.8) is 0 Å². The molecule has 0 saturated heterocycles. The number of anilines is 1. The van der Waals surface area contributed by atoms with Crippen LogP contribution in [0, 0.1) is 0 Å². The maximum absolute atomic E-state index is 12.2. The van der Waals surface area contributed by atoms with E-state index in [0.29, 0.717) is 22.8 Å². The molecule has 1 heterocycles. The Balaban J connectivity index is 1.66. The molecule has 0 aliphatic carbocycles. The molecule has 0 aliphatic heterocycles. The predicted octanol–water partition coefficient (Wildman–Crippen LogP) is 4.63. The molecular weight excluding hydrogens is 437 g/mol. The second-order valence-electron chi connectivity index (χ2n) is 6.05. The summed E-state index contributed by atoms with van der Waals surface area (Å²) in [5.74, 6) is -0.364. The van der Waals surface area contributed by atoms with Crippen molar-refractivity contribution in [3.05, 3.63) is 85.2 Å². The van der Waals surface area contributed by atoms with E-state index in [9.17, 15) is 9.59 Å². The van der Waals surface area contributed by atoms with Crippen LogP contribution in [0.25, 0.3) is 5.69 Å². The van der Waals surface area contributed by atoms with Crippen LogP contribution < -0.4 is 10.9 Å². The first-order valence-corrected chi connectivity index (χ1v) is 9.68. The predicted molar refractivity (Wildman–Crippen MR) is 115 cm³/mol. The fraction of sp³-hybridized carbons (Fsp3) is 0.150. The van der Waals surface area contributed by atoms with E-state index in [2.05, 4.69) is 15.2 Å². The minimum absolute atomic E-state index is 0.0944. The zero-order valence-electron chi connectivity index (χ0n) is 15.3. The second-order valence-corrected chi connectivity index (χ2v) is 7.25. The van der Waals surface area contributed by atoms with Crippen LogP contribution in [0.2, 0.25) is 15.1 Å². The minimum atomic E-state index is -0.522. The lowest BCUT2D eigenvalue weighted by atomic mass is 10.1. The van der Waals surface area contributed by atoms with E-state index in [-0.39, 0.29) is 16.0 Å². The van der Waals surface area contributed by atoms with Gasteiger partial charge in [0.2, 0.25) is 0 Å². The summed E-state index contributed by atoms with van der Waals surface area (Å²) in [6, 6.07) is 12.3. The van der Waals surface area contributed by atoms with Crippen LogP contribution in [0.4, 0.5) is 5.69 Å². The van der Waals surface area contributed by atoms with E-state index >= 15 is 0 Å². The number of hydrogen-bond acceptors (Lipinski definition) is 5. The summed E-state index contributed by atoms with van der Waals surface area (Å²) in [5.41, 5.74) is 2.24. The van der Waals surface area contributed by atoms with E-state index in [1.165, 1.54) is 13.3 Å². The summed E-state index contributed by atoms with van der Waals surface area (Å²) < 4.78 is 5.82. The van der Waals surface area contributed by atoms with Crippen molar-refractivity contribution in [1.29, 1.82) is 0 Å². The maximum Gasteiger partial charge on any atom is 0.337 e. The molecule has 29 heavy (non-hydrogen) atoms. The molecule has 9 heteroatoms. The minimum Gasteiger partial charge on any atom is -0.465 e. The number of ether oxygens (including phenoxy) is 1. The summed E-state index contributed by atoms with van der Waals surface area (Å²) in [6.45, 7) is 0.627. The van der Waals surface area contributed by atoms with Crippen LogP contribution in [0.3, 0.4) is 0 Å². The van der Waals surface area contributed by atoms with E-state index in [1.54, 1.807) is 30.3 Å². The van der Waals surface area contributed by atoms with E-state index < -0.39 is 5.56 Å². The van der Waals surface area contributed by atoms with E-state index in [4.69, 9.17) is 34.8 Å². The Labute approximate surface area is 182 Å². The SMILES string of the molecule is COC(=O)c1ccc(CCNc2ccc(-n3ncc(Cl)c(Cl)c3=O)cc2Cl)cc1. The molecule has 0 fully saturated rings. The molecule has 0 amide bonds. The average molecular weight is 453 g/mol. The van der Waals surface area contributed by atoms with Crippen molar-refractivity contribution in [2.24, 2.45) is 0 Å². The number of aromatic nitrogens is 2. The van der Waals surface area contributed by atoms with Crippen LogP contribution in [0.15, 0.2) is 53.5 Å². The lowest BCUT2D eigenvalue weighted by Crippen LogP contribution is -2.21. The fourth-order valence-electron chi connectivity index (χ4n) is 2.64. The van der Waals surface area contributed by atoms with Gasteiger partial charge in [-0.05, 0) is 42.3 Å². The number of carbonyl (C=O) groups excluding carboxylic acids is 1. The molecule has 0 unspecified atom stereocenters. The van der Waals surface area contributed by atoms with Gasteiger partial charge < -0.3 is 10.1 Å². The number of nitrogens with zero attached hydrogens (tertiary/aromatic N) is 2. The molecule has 0 bridgehead atoms. The smallest absolute Gasteiger partial charge is 0.337 e. The Morgan fingerprint density at radius 3 is 2.48 bits per heavy atom. The maximum atomic E-state index is 12.2. The van der Waals surface area contributed by atoms with Gasteiger partial charge in [-0.3, -0.25) is 4.79 Å². The summed E-state index contributed by atoms with van der Waals surface area (Å²) >= 11 is 18.0. The Bertz CT molecular complexity index is 1100. The molecular formula is C20H16Cl3N3O3. The number of halogens is 3. The lowest BCUT2D eigenvalue weighted by molar-refractivity contribution is 0.0600. The van der Waals surface area contributed by atoms with Crippen LogP contribution in [0.5, 0.6) is 0 Å². The molecule has 0 radical (unpaired) electrons. The first-order valence-electron chi connectivity index (χ1n) is 8.55. The number of nitrogens with one attached hydrogen (secondary N) is 1. The van der Waals surface area contributed by atoms with Gasteiger partial charge in [-0.25, -0.2) is 4.79 Å². The second kappa shape index (κ2) is 9.31. The molecule has 6 nitrogen and oxygen atoms in total. The Hall–Kier alpha value is -2.54. The number of rotatable bonds is 6. The van der Waals surface area contributed by atoms with Gasteiger partial charge in [0.1, 0.15) is 5.02 Å². The largest absolute Gasteiger partial charge is 0.465 e. The molecule has 150 valence electrons. The van der Waals surface area contributed by atoms with Crippen LogP contribution in [-0.4, -0.2) is 29.4 Å². The third kappa shape index (κ3) is 4.90. The third-order valence-corrected chi connectivity index (χ3v) is 5.24. The topological polar surface area (TPSA) is 73.2 Å². The molecule has 0 aliphatic rings. The van der Waals surface area contributed by atoms with Gasteiger partial charge in [0.05, 0.1) is 40.3 Å². The van der Waals surface area contributed by atoms with Crippen molar-refractivity contribution in [3.8, 4) is 5.69 Å². The van der Waals surface area contributed by atoms with Gasteiger partial charge in [-0.1, -0.05) is 46.9 Å². The lowest BCUT2D eigenvalue weighted by Gasteiger charge is -2.11. The number of methoxy groups -OCH3 is 1. The van der Waals surface area contributed by atoms with Crippen molar-refractivity contribution >= 4 is 46.5 Å². The van der Waals surface area contributed by atoms with Crippen LogP contribution in [-0.2, 0) is 11.2 Å². The highest BCUT2D eigenvalue weighted by Gasteiger charge is 2.11. The normalized spacial score (nSPS) is 10.6. The number of esters is 1. The first kappa shape index (κ1) is 21.2. The van der Waals surface area contributed by atoms with Crippen LogP contribution >= 0.6 is 34.8 Å². The van der Waals surface area contributed by atoms with Crippen molar-refractivity contribution in [2.45, 2.75) is 6.42 Å². The molecule has 0 atom stereocenters. The highest BCUT2D eigenvalue weighted by molar-refractivity contribution is 6.41. The molecule has 0 saturated carbocycles. The zero-order chi connectivity index (χ0) is 21.0. The molecule has 3 aromatic rings. The van der Waals surface area contributed by atoms with Gasteiger partial charge in [0, 0.05) is 6.54 Å². The molecule has 0 spiro atoms. The number of hydrogen-bond donors (Lipinski definition) is 1. The summed E-state index contributed by atoms with van der Waals surface area (Å²) in [7, 11) is 1.35. The third-order valence-electron chi connectivity index (χ3n) is 4.18. The Morgan fingerprint density at radius 1 is 1.10 bits per heavy atom. The molecule has 3 rings (SSSR count). The monoisotopic (exact) mass is 451 g/mol. The van der Waals surface area contributed by atoms with E-state index in [0.717, 1.165) is 22.4 Å². The van der Waals surface area contributed by atoms with Crippen molar-refractivity contribution in [1.82, 2.24) is 9.78 Å². The standard InChI is InChI=1S/C20H16Cl3N3O3/c1-29-20(28)13-4-2-12(3-5-13)8-9-24-17-7-6-14(10-15(17)21)26-19(27)18(23)16(22)11-25-26/h2-7,10-11,24H,8-9H2,1H3. The zero-order valence-corrected chi connectivity index (χ0v) is 17.6. The average Bonchev–Trinajstić information content (AvgIpc) is 2.73. The van der Waals surface area contributed by atoms with Gasteiger partial charge in [0.15, 0.2) is 0 Å². The Morgan fingerprint density at radius 2 is 1.83 bits per heavy atom.